The Morgan fingerprint density at radius 3 is 2.41 bits per heavy atom. The lowest BCUT2D eigenvalue weighted by Gasteiger charge is -2.35. The van der Waals surface area contributed by atoms with Crippen LogP contribution >= 0.6 is 0 Å². The average molecular weight is 372 g/mol. The van der Waals surface area contributed by atoms with Gasteiger partial charge in [0, 0.05) is 12.1 Å². The molecule has 0 radical (unpaired) electrons. The first-order chi connectivity index (χ1) is 13.1. The second kappa shape index (κ2) is 8.70. The molecular weight excluding hydrogens is 348 g/mol. The van der Waals surface area contributed by atoms with Crippen LogP contribution in [0.15, 0.2) is 41.6 Å². The SMILES string of the molecule is CCOC(=O)C(NC=O)=C1CC2CCC(C1)N2C(=O)OCc1ccccc1. The van der Waals surface area contributed by atoms with Crippen LogP contribution in [0, 0.1) is 0 Å². The molecule has 2 amide bonds. The van der Waals surface area contributed by atoms with Crippen molar-refractivity contribution in [2.24, 2.45) is 0 Å². The van der Waals surface area contributed by atoms with Gasteiger partial charge in [0.05, 0.1) is 6.61 Å². The molecule has 2 aliphatic rings. The lowest BCUT2D eigenvalue weighted by atomic mass is 9.95. The Kier molecular flexibility index (Phi) is 6.11. The number of amides is 2. The van der Waals surface area contributed by atoms with Crippen LogP contribution < -0.4 is 5.32 Å². The summed E-state index contributed by atoms with van der Waals surface area (Å²) in [7, 11) is 0. The van der Waals surface area contributed by atoms with Crippen LogP contribution in [-0.2, 0) is 25.7 Å². The van der Waals surface area contributed by atoms with Crippen LogP contribution in [0.25, 0.3) is 0 Å². The van der Waals surface area contributed by atoms with Crippen molar-refractivity contribution in [3.05, 3.63) is 47.2 Å². The summed E-state index contributed by atoms with van der Waals surface area (Å²) in [5.41, 5.74) is 1.98. The average Bonchev–Trinajstić information content (AvgIpc) is 2.95. The highest BCUT2D eigenvalue weighted by atomic mass is 16.6. The Balaban J connectivity index is 1.68. The molecule has 0 spiro atoms. The predicted octanol–water partition coefficient (Wildman–Crippen LogP) is 2.51. The molecule has 0 aliphatic carbocycles. The summed E-state index contributed by atoms with van der Waals surface area (Å²) in [6.45, 7) is 2.19. The summed E-state index contributed by atoms with van der Waals surface area (Å²) in [6, 6.07) is 9.49. The molecule has 1 N–H and O–H groups in total. The Bertz CT molecular complexity index is 715. The smallest absolute Gasteiger partial charge is 0.410 e. The van der Waals surface area contributed by atoms with Gasteiger partial charge in [-0.05, 0) is 43.7 Å². The number of piperidine rings is 1. The maximum atomic E-state index is 12.6. The fraction of sp³-hybridized carbons (Fsp3) is 0.450. The van der Waals surface area contributed by atoms with Crippen LogP contribution in [0.3, 0.4) is 0 Å². The number of esters is 1. The van der Waals surface area contributed by atoms with E-state index in [0.717, 1.165) is 24.0 Å². The third kappa shape index (κ3) is 4.30. The third-order valence-electron chi connectivity index (χ3n) is 5.04. The van der Waals surface area contributed by atoms with E-state index in [1.807, 2.05) is 30.3 Å². The van der Waals surface area contributed by atoms with Crippen molar-refractivity contribution in [2.75, 3.05) is 6.61 Å². The van der Waals surface area contributed by atoms with E-state index < -0.39 is 5.97 Å². The molecule has 3 rings (SSSR count). The highest BCUT2D eigenvalue weighted by Crippen LogP contribution is 2.39. The molecule has 7 heteroatoms. The number of hydrogen-bond donors (Lipinski definition) is 1. The minimum atomic E-state index is -0.529. The number of hydrogen-bond acceptors (Lipinski definition) is 5. The summed E-state index contributed by atoms with van der Waals surface area (Å²) in [5.74, 6) is -0.529. The Hall–Kier alpha value is -2.83. The van der Waals surface area contributed by atoms with E-state index in [9.17, 15) is 14.4 Å². The van der Waals surface area contributed by atoms with Gasteiger partial charge in [-0.15, -0.1) is 0 Å². The number of nitrogens with zero attached hydrogens (tertiary/aromatic N) is 1. The lowest BCUT2D eigenvalue weighted by Crippen LogP contribution is -2.45. The summed E-state index contributed by atoms with van der Waals surface area (Å²) in [6.07, 6.45) is 2.93. The fourth-order valence-electron chi connectivity index (χ4n) is 3.88. The molecule has 7 nitrogen and oxygen atoms in total. The van der Waals surface area contributed by atoms with Crippen molar-refractivity contribution in [3.8, 4) is 0 Å². The predicted molar refractivity (Wildman–Crippen MR) is 97.4 cm³/mol. The largest absolute Gasteiger partial charge is 0.461 e. The van der Waals surface area contributed by atoms with Crippen molar-refractivity contribution in [3.63, 3.8) is 0 Å². The zero-order chi connectivity index (χ0) is 19.2. The van der Waals surface area contributed by atoms with E-state index in [2.05, 4.69) is 5.32 Å². The number of carbonyl (C=O) groups is 3. The Morgan fingerprint density at radius 2 is 1.81 bits per heavy atom. The van der Waals surface area contributed by atoms with Gasteiger partial charge in [0.15, 0.2) is 0 Å². The highest BCUT2D eigenvalue weighted by Gasteiger charge is 2.43. The molecule has 2 atom stereocenters. The first kappa shape index (κ1) is 18.9. The number of rotatable bonds is 6. The normalized spacial score (nSPS) is 20.8. The van der Waals surface area contributed by atoms with Crippen LogP contribution in [0.2, 0.25) is 0 Å². The van der Waals surface area contributed by atoms with Crippen molar-refractivity contribution in [1.82, 2.24) is 10.2 Å². The topological polar surface area (TPSA) is 84.9 Å². The van der Waals surface area contributed by atoms with Gasteiger partial charge in [-0.2, -0.15) is 0 Å². The lowest BCUT2D eigenvalue weighted by molar-refractivity contribution is -0.139. The molecule has 0 saturated carbocycles. The van der Waals surface area contributed by atoms with Gasteiger partial charge in [0.1, 0.15) is 12.3 Å². The van der Waals surface area contributed by atoms with E-state index in [1.165, 1.54) is 0 Å². The molecule has 2 unspecified atom stereocenters. The molecule has 2 bridgehead atoms. The summed E-state index contributed by atoms with van der Waals surface area (Å²) in [4.78, 5) is 37.4. The molecular formula is C20H24N2O5. The van der Waals surface area contributed by atoms with Crippen LogP contribution in [0.5, 0.6) is 0 Å². The quantitative estimate of drug-likeness (QED) is 0.471. The first-order valence-corrected chi connectivity index (χ1v) is 9.22. The Labute approximate surface area is 158 Å². The van der Waals surface area contributed by atoms with Crippen LogP contribution in [0.1, 0.15) is 38.2 Å². The monoisotopic (exact) mass is 372 g/mol. The van der Waals surface area contributed by atoms with Gasteiger partial charge in [0.25, 0.3) is 0 Å². The van der Waals surface area contributed by atoms with Gasteiger partial charge < -0.3 is 19.7 Å². The van der Waals surface area contributed by atoms with Gasteiger partial charge in [-0.3, -0.25) is 4.79 Å². The zero-order valence-corrected chi connectivity index (χ0v) is 15.3. The zero-order valence-electron chi connectivity index (χ0n) is 15.3. The van der Waals surface area contributed by atoms with E-state index >= 15 is 0 Å². The number of carbonyl (C=O) groups excluding carboxylic acids is 3. The van der Waals surface area contributed by atoms with Gasteiger partial charge in [-0.1, -0.05) is 30.3 Å². The number of nitrogens with one attached hydrogen (secondary N) is 1. The maximum absolute atomic E-state index is 12.6. The molecule has 2 heterocycles. The second-order valence-electron chi connectivity index (χ2n) is 6.70. The van der Waals surface area contributed by atoms with Crippen molar-refractivity contribution < 1.29 is 23.9 Å². The minimum absolute atomic E-state index is 0.0279. The molecule has 144 valence electrons. The molecule has 2 fully saturated rings. The minimum Gasteiger partial charge on any atom is -0.461 e. The molecule has 27 heavy (non-hydrogen) atoms. The maximum Gasteiger partial charge on any atom is 0.410 e. The molecule has 2 aliphatic heterocycles. The van der Waals surface area contributed by atoms with Gasteiger partial charge in [-0.25, -0.2) is 9.59 Å². The summed E-state index contributed by atoms with van der Waals surface area (Å²) >= 11 is 0. The summed E-state index contributed by atoms with van der Waals surface area (Å²) in [5, 5.41) is 2.49. The van der Waals surface area contributed by atoms with Crippen molar-refractivity contribution in [1.29, 1.82) is 0 Å². The fourth-order valence-corrected chi connectivity index (χ4v) is 3.88. The standard InChI is InChI=1S/C20H24N2O5/c1-2-26-19(24)18(21-13-23)15-10-16-8-9-17(11-15)22(16)20(25)27-12-14-6-4-3-5-7-14/h3-7,13,16-17H,2,8-12H2,1H3,(H,21,23). The van der Waals surface area contributed by atoms with Gasteiger partial charge >= 0.3 is 12.1 Å². The van der Waals surface area contributed by atoms with Crippen LogP contribution in [0.4, 0.5) is 4.79 Å². The third-order valence-corrected chi connectivity index (χ3v) is 5.04. The first-order valence-electron chi connectivity index (χ1n) is 9.22. The van der Waals surface area contributed by atoms with E-state index in [0.29, 0.717) is 19.3 Å². The molecule has 1 aromatic rings. The molecule has 0 aromatic heterocycles. The van der Waals surface area contributed by atoms with Crippen LogP contribution in [-0.4, -0.2) is 42.1 Å². The van der Waals surface area contributed by atoms with E-state index in [-0.39, 0.29) is 37.1 Å². The number of benzene rings is 1. The molecule has 2 saturated heterocycles. The Morgan fingerprint density at radius 1 is 1.15 bits per heavy atom. The van der Waals surface area contributed by atoms with E-state index in [4.69, 9.17) is 9.47 Å². The van der Waals surface area contributed by atoms with E-state index in [1.54, 1.807) is 11.8 Å². The summed E-state index contributed by atoms with van der Waals surface area (Å²) < 4.78 is 10.5. The van der Waals surface area contributed by atoms with Gasteiger partial charge in [0.2, 0.25) is 6.41 Å². The second-order valence-corrected chi connectivity index (χ2v) is 6.70. The van der Waals surface area contributed by atoms with Crippen molar-refractivity contribution >= 4 is 18.5 Å². The molecule has 1 aromatic carbocycles. The number of ether oxygens (including phenoxy) is 2. The number of fused-ring (bicyclic) bond motifs is 2. The highest BCUT2D eigenvalue weighted by molar-refractivity contribution is 5.91. The van der Waals surface area contributed by atoms with Crippen molar-refractivity contribution in [2.45, 2.75) is 51.3 Å².